The third-order valence-electron chi connectivity index (χ3n) is 2.63. The molecule has 2 N–H and O–H groups in total. The first kappa shape index (κ1) is 15.2. The first-order chi connectivity index (χ1) is 9.67. The zero-order valence-electron chi connectivity index (χ0n) is 11.0. The summed E-state index contributed by atoms with van der Waals surface area (Å²) < 4.78 is 13.6. The highest BCUT2D eigenvalue weighted by Gasteiger charge is 2.07. The summed E-state index contributed by atoms with van der Waals surface area (Å²) in [6.07, 6.45) is 0.432. The third kappa shape index (κ3) is 4.73. The minimum Gasteiger partial charge on any atom is -0.392 e. The van der Waals surface area contributed by atoms with Gasteiger partial charge in [-0.15, -0.1) is 10.2 Å². The van der Waals surface area contributed by atoms with Crippen LogP contribution in [-0.4, -0.2) is 27.2 Å². The number of benzene rings is 1. The Morgan fingerprint density at radius 2 is 2.10 bits per heavy atom. The number of nitrogens with zero attached hydrogens (tertiary/aromatic N) is 2. The molecule has 0 aliphatic heterocycles. The lowest BCUT2D eigenvalue weighted by Gasteiger charge is -2.03. The summed E-state index contributed by atoms with van der Waals surface area (Å²) in [4.78, 5) is 0. The molecule has 1 atom stereocenters. The van der Waals surface area contributed by atoms with E-state index in [1.54, 1.807) is 12.1 Å². The van der Waals surface area contributed by atoms with E-state index in [0.717, 1.165) is 21.5 Å². The fourth-order valence-corrected chi connectivity index (χ4v) is 3.22. The molecule has 0 amide bonds. The SMILES string of the molecule is CC[C@H](O)CSc1nnc(NCc2ccc(F)cc2)s1. The van der Waals surface area contributed by atoms with Crippen LogP contribution in [0.3, 0.4) is 0 Å². The number of aliphatic hydroxyl groups excluding tert-OH is 1. The van der Waals surface area contributed by atoms with Gasteiger partial charge < -0.3 is 10.4 Å². The second-order valence-corrected chi connectivity index (χ2v) is 6.47. The molecule has 0 aliphatic carbocycles. The van der Waals surface area contributed by atoms with E-state index < -0.39 is 0 Å². The van der Waals surface area contributed by atoms with Gasteiger partial charge in [-0.2, -0.15) is 0 Å². The minimum atomic E-state index is -0.306. The monoisotopic (exact) mass is 313 g/mol. The number of rotatable bonds is 7. The van der Waals surface area contributed by atoms with Gasteiger partial charge in [0.2, 0.25) is 5.13 Å². The van der Waals surface area contributed by atoms with Gasteiger partial charge in [0.15, 0.2) is 4.34 Å². The number of hydrogen-bond acceptors (Lipinski definition) is 6. The predicted octanol–water partition coefficient (Wildman–Crippen LogP) is 3.15. The molecule has 0 fully saturated rings. The van der Waals surface area contributed by atoms with Crippen LogP contribution in [0.5, 0.6) is 0 Å². The molecule has 1 heterocycles. The summed E-state index contributed by atoms with van der Waals surface area (Å²) in [5, 5.41) is 21.4. The number of hydrogen-bond donors (Lipinski definition) is 2. The molecule has 0 saturated heterocycles. The maximum atomic E-state index is 12.8. The molecule has 20 heavy (non-hydrogen) atoms. The Labute approximate surface area is 125 Å². The molecule has 0 saturated carbocycles. The van der Waals surface area contributed by atoms with E-state index in [1.165, 1.54) is 35.2 Å². The fourth-order valence-electron chi connectivity index (χ4n) is 1.40. The highest BCUT2D eigenvalue weighted by molar-refractivity contribution is 8.01. The van der Waals surface area contributed by atoms with Crippen LogP contribution in [0.1, 0.15) is 18.9 Å². The number of halogens is 1. The normalized spacial score (nSPS) is 12.3. The predicted molar refractivity (Wildman–Crippen MR) is 80.7 cm³/mol. The number of aromatic nitrogens is 2. The van der Waals surface area contributed by atoms with Crippen molar-refractivity contribution in [1.82, 2.24) is 10.2 Å². The van der Waals surface area contributed by atoms with Crippen molar-refractivity contribution in [2.24, 2.45) is 0 Å². The largest absolute Gasteiger partial charge is 0.392 e. The van der Waals surface area contributed by atoms with Gasteiger partial charge in [-0.3, -0.25) is 0 Å². The standard InChI is InChI=1S/C13H16FN3OS2/c1-2-11(18)8-19-13-17-16-12(20-13)15-7-9-3-5-10(14)6-4-9/h3-6,11,18H,2,7-8H2,1H3,(H,15,16)/t11-/m0/s1. The molecule has 4 nitrogen and oxygen atoms in total. The van der Waals surface area contributed by atoms with Gasteiger partial charge in [0.1, 0.15) is 5.82 Å². The van der Waals surface area contributed by atoms with Crippen LogP contribution in [0.2, 0.25) is 0 Å². The molecule has 2 aromatic rings. The highest BCUT2D eigenvalue weighted by atomic mass is 32.2. The Morgan fingerprint density at radius 3 is 2.80 bits per heavy atom. The topological polar surface area (TPSA) is 58.0 Å². The van der Waals surface area contributed by atoms with Crippen LogP contribution in [0, 0.1) is 5.82 Å². The van der Waals surface area contributed by atoms with Crippen LogP contribution in [-0.2, 0) is 6.54 Å². The van der Waals surface area contributed by atoms with E-state index in [9.17, 15) is 9.50 Å². The molecular weight excluding hydrogens is 297 g/mol. The summed E-state index contributed by atoms with van der Waals surface area (Å²) >= 11 is 2.96. The zero-order chi connectivity index (χ0) is 14.4. The quantitative estimate of drug-likeness (QED) is 0.769. The van der Waals surface area contributed by atoms with Crippen molar-refractivity contribution in [3.8, 4) is 0 Å². The Kier molecular flexibility index (Phi) is 5.75. The number of nitrogens with one attached hydrogen (secondary N) is 1. The third-order valence-corrected chi connectivity index (χ3v) is 4.79. The van der Waals surface area contributed by atoms with E-state index in [0.29, 0.717) is 12.3 Å². The summed E-state index contributed by atoms with van der Waals surface area (Å²) in [5.74, 6) is 0.390. The van der Waals surface area contributed by atoms with Gasteiger partial charge >= 0.3 is 0 Å². The van der Waals surface area contributed by atoms with Crippen LogP contribution >= 0.6 is 23.1 Å². The summed E-state index contributed by atoms with van der Waals surface area (Å²) in [6, 6.07) is 6.34. The van der Waals surface area contributed by atoms with E-state index in [-0.39, 0.29) is 11.9 Å². The molecule has 0 spiro atoms. The van der Waals surface area contributed by atoms with E-state index >= 15 is 0 Å². The van der Waals surface area contributed by atoms with Gasteiger partial charge in [0.25, 0.3) is 0 Å². The number of aliphatic hydroxyl groups is 1. The summed E-state index contributed by atoms with van der Waals surface area (Å²) in [7, 11) is 0. The van der Waals surface area contributed by atoms with Gasteiger partial charge in [0, 0.05) is 12.3 Å². The first-order valence-electron chi connectivity index (χ1n) is 6.30. The fraction of sp³-hybridized carbons (Fsp3) is 0.385. The lowest BCUT2D eigenvalue weighted by Crippen LogP contribution is -2.06. The lowest BCUT2D eigenvalue weighted by atomic mass is 10.2. The molecule has 1 aromatic heterocycles. The van der Waals surface area contributed by atoms with Crippen LogP contribution in [0.25, 0.3) is 0 Å². The molecule has 1 aromatic carbocycles. The molecule has 0 radical (unpaired) electrons. The molecular formula is C13H16FN3OS2. The Bertz CT molecular complexity index is 533. The lowest BCUT2D eigenvalue weighted by molar-refractivity contribution is 0.195. The Hall–Kier alpha value is -1.18. The van der Waals surface area contributed by atoms with Crippen molar-refractivity contribution < 1.29 is 9.50 Å². The second-order valence-electron chi connectivity index (χ2n) is 4.23. The van der Waals surface area contributed by atoms with Crippen molar-refractivity contribution in [3.05, 3.63) is 35.6 Å². The van der Waals surface area contributed by atoms with Crippen molar-refractivity contribution in [2.45, 2.75) is 30.3 Å². The average Bonchev–Trinajstić information content (AvgIpc) is 2.92. The van der Waals surface area contributed by atoms with Crippen molar-refractivity contribution >= 4 is 28.2 Å². The number of anilines is 1. The molecule has 0 unspecified atom stereocenters. The summed E-state index contributed by atoms with van der Waals surface area (Å²) in [5.41, 5.74) is 0.984. The smallest absolute Gasteiger partial charge is 0.206 e. The molecule has 7 heteroatoms. The van der Waals surface area contributed by atoms with Crippen molar-refractivity contribution in [3.63, 3.8) is 0 Å². The molecule has 2 rings (SSSR count). The van der Waals surface area contributed by atoms with Crippen LogP contribution in [0.15, 0.2) is 28.6 Å². The van der Waals surface area contributed by atoms with Crippen LogP contribution < -0.4 is 5.32 Å². The molecule has 0 aliphatic rings. The van der Waals surface area contributed by atoms with E-state index in [4.69, 9.17) is 0 Å². The Balaban J connectivity index is 1.82. The zero-order valence-corrected chi connectivity index (χ0v) is 12.7. The van der Waals surface area contributed by atoms with E-state index in [1.807, 2.05) is 6.92 Å². The summed E-state index contributed by atoms with van der Waals surface area (Å²) in [6.45, 7) is 2.53. The van der Waals surface area contributed by atoms with Crippen LogP contribution in [0.4, 0.5) is 9.52 Å². The Morgan fingerprint density at radius 1 is 1.35 bits per heavy atom. The maximum Gasteiger partial charge on any atom is 0.206 e. The molecule has 0 bridgehead atoms. The van der Waals surface area contributed by atoms with Gasteiger partial charge in [-0.05, 0) is 24.1 Å². The van der Waals surface area contributed by atoms with Crippen molar-refractivity contribution in [1.29, 1.82) is 0 Å². The number of thioether (sulfide) groups is 1. The average molecular weight is 313 g/mol. The van der Waals surface area contributed by atoms with Crippen molar-refractivity contribution in [2.75, 3.05) is 11.1 Å². The van der Waals surface area contributed by atoms with E-state index in [2.05, 4.69) is 15.5 Å². The second kappa shape index (κ2) is 7.56. The minimum absolute atomic E-state index is 0.238. The maximum absolute atomic E-state index is 12.8. The van der Waals surface area contributed by atoms with Gasteiger partial charge in [-0.1, -0.05) is 42.2 Å². The molecule has 108 valence electrons. The first-order valence-corrected chi connectivity index (χ1v) is 8.10. The highest BCUT2D eigenvalue weighted by Crippen LogP contribution is 2.26. The van der Waals surface area contributed by atoms with Gasteiger partial charge in [0.05, 0.1) is 6.10 Å². The van der Waals surface area contributed by atoms with Gasteiger partial charge in [-0.25, -0.2) is 4.39 Å².